The summed E-state index contributed by atoms with van der Waals surface area (Å²) in [6, 6.07) is 0.347. The van der Waals surface area contributed by atoms with E-state index < -0.39 is 10.0 Å². The van der Waals surface area contributed by atoms with Gasteiger partial charge in [0.15, 0.2) is 0 Å². The summed E-state index contributed by atoms with van der Waals surface area (Å²) in [4.78, 5) is 0. The van der Waals surface area contributed by atoms with Crippen LogP contribution in [0.2, 0.25) is 0 Å². The highest BCUT2D eigenvalue weighted by Gasteiger charge is 2.18. The van der Waals surface area contributed by atoms with E-state index in [9.17, 15) is 8.42 Å². The molecule has 0 amide bonds. The highest BCUT2D eigenvalue weighted by Crippen LogP contribution is 2.11. The number of hydrogen-bond donors (Lipinski definition) is 2. The van der Waals surface area contributed by atoms with Crippen LogP contribution in [0.3, 0.4) is 0 Å². The maximum absolute atomic E-state index is 12.1. The van der Waals surface area contributed by atoms with E-state index in [-0.39, 0.29) is 5.75 Å². The average molecular weight is 314 g/mol. The zero-order valence-electron chi connectivity index (χ0n) is 12.9. The summed E-state index contributed by atoms with van der Waals surface area (Å²) in [5.74, 6) is 0.187. The van der Waals surface area contributed by atoms with Gasteiger partial charge in [-0.2, -0.15) is 5.10 Å². The molecular formula is C14H26N4O2S. The zero-order valence-corrected chi connectivity index (χ0v) is 13.7. The van der Waals surface area contributed by atoms with Crippen molar-refractivity contribution >= 4 is 10.0 Å². The third-order valence-electron chi connectivity index (χ3n) is 3.96. The Hall–Kier alpha value is -0.920. The Morgan fingerprint density at radius 3 is 2.95 bits per heavy atom. The first-order valence-electron chi connectivity index (χ1n) is 7.72. The summed E-state index contributed by atoms with van der Waals surface area (Å²) in [6.45, 7) is 3.36. The van der Waals surface area contributed by atoms with Gasteiger partial charge in [-0.15, -0.1) is 0 Å². The minimum absolute atomic E-state index is 0.187. The molecule has 1 aromatic rings. The van der Waals surface area contributed by atoms with Crippen LogP contribution in [-0.4, -0.2) is 36.5 Å². The number of aromatic nitrogens is 2. The van der Waals surface area contributed by atoms with Crippen molar-refractivity contribution in [1.82, 2.24) is 19.8 Å². The fourth-order valence-electron chi connectivity index (χ4n) is 2.76. The van der Waals surface area contributed by atoms with Crippen LogP contribution in [0.4, 0.5) is 0 Å². The van der Waals surface area contributed by atoms with Crippen LogP contribution >= 0.6 is 0 Å². The second-order valence-corrected chi connectivity index (χ2v) is 7.63. The topological polar surface area (TPSA) is 76.0 Å². The molecule has 2 heterocycles. The van der Waals surface area contributed by atoms with Gasteiger partial charge >= 0.3 is 0 Å². The number of nitrogens with zero attached hydrogens (tertiary/aromatic N) is 2. The second-order valence-electron chi connectivity index (χ2n) is 5.70. The second kappa shape index (κ2) is 7.38. The molecule has 0 aromatic carbocycles. The Kier molecular flexibility index (Phi) is 5.78. The van der Waals surface area contributed by atoms with Crippen molar-refractivity contribution in [2.45, 2.75) is 51.6 Å². The SMILES string of the molecule is CCc1nn(C)cc1CNS(=O)(=O)CCC1CCCCN1. The van der Waals surface area contributed by atoms with Crippen LogP contribution in [-0.2, 0) is 30.0 Å². The predicted molar refractivity (Wildman–Crippen MR) is 83.5 cm³/mol. The highest BCUT2D eigenvalue weighted by molar-refractivity contribution is 7.89. The molecule has 7 heteroatoms. The molecule has 1 aliphatic rings. The Morgan fingerprint density at radius 2 is 2.29 bits per heavy atom. The van der Waals surface area contributed by atoms with Gasteiger partial charge < -0.3 is 5.32 Å². The lowest BCUT2D eigenvalue weighted by molar-refractivity contribution is 0.392. The van der Waals surface area contributed by atoms with Crippen molar-refractivity contribution in [2.24, 2.45) is 7.05 Å². The maximum atomic E-state index is 12.1. The van der Waals surface area contributed by atoms with Gasteiger partial charge in [0.2, 0.25) is 10.0 Å². The number of hydrogen-bond acceptors (Lipinski definition) is 4. The number of rotatable bonds is 7. The van der Waals surface area contributed by atoms with E-state index in [2.05, 4.69) is 15.1 Å². The number of nitrogens with one attached hydrogen (secondary N) is 2. The summed E-state index contributed by atoms with van der Waals surface area (Å²) in [7, 11) is -1.37. The molecular weight excluding hydrogens is 288 g/mol. The van der Waals surface area contributed by atoms with E-state index in [1.54, 1.807) is 4.68 Å². The number of aryl methyl sites for hydroxylation is 2. The summed E-state index contributed by atoms with van der Waals surface area (Å²) >= 11 is 0. The van der Waals surface area contributed by atoms with Crippen molar-refractivity contribution < 1.29 is 8.42 Å². The minimum Gasteiger partial charge on any atom is -0.314 e. The van der Waals surface area contributed by atoms with Crippen molar-refractivity contribution in [1.29, 1.82) is 0 Å². The van der Waals surface area contributed by atoms with Gasteiger partial charge in [-0.1, -0.05) is 13.3 Å². The van der Waals surface area contributed by atoms with E-state index in [4.69, 9.17) is 0 Å². The van der Waals surface area contributed by atoms with Crippen LogP contribution in [0.5, 0.6) is 0 Å². The predicted octanol–water partition coefficient (Wildman–Crippen LogP) is 0.934. The molecule has 1 aromatic heterocycles. The summed E-state index contributed by atoms with van der Waals surface area (Å²) in [6.07, 6.45) is 6.85. The lowest BCUT2D eigenvalue weighted by Crippen LogP contribution is -2.37. The Labute approximate surface area is 127 Å². The zero-order chi connectivity index (χ0) is 15.3. The lowest BCUT2D eigenvalue weighted by atomic mass is 10.0. The molecule has 6 nitrogen and oxygen atoms in total. The molecule has 1 fully saturated rings. The maximum Gasteiger partial charge on any atom is 0.211 e. The molecule has 1 atom stereocenters. The van der Waals surface area contributed by atoms with Crippen LogP contribution in [0.1, 0.15) is 43.9 Å². The molecule has 21 heavy (non-hydrogen) atoms. The van der Waals surface area contributed by atoms with E-state index in [0.717, 1.165) is 30.6 Å². The van der Waals surface area contributed by atoms with Crippen LogP contribution in [0.25, 0.3) is 0 Å². The van der Waals surface area contributed by atoms with Gasteiger partial charge in [0.05, 0.1) is 11.4 Å². The summed E-state index contributed by atoms with van der Waals surface area (Å²) in [5, 5.41) is 7.70. The van der Waals surface area contributed by atoms with E-state index in [0.29, 0.717) is 19.0 Å². The summed E-state index contributed by atoms with van der Waals surface area (Å²) in [5.41, 5.74) is 1.91. The highest BCUT2D eigenvalue weighted by atomic mass is 32.2. The van der Waals surface area contributed by atoms with Crippen molar-refractivity contribution in [3.63, 3.8) is 0 Å². The van der Waals surface area contributed by atoms with Crippen LogP contribution in [0.15, 0.2) is 6.20 Å². The molecule has 0 spiro atoms. The first-order valence-corrected chi connectivity index (χ1v) is 9.37. The standard InChI is InChI=1S/C14H26N4O2S/c1-3-14-12(11-18(2)17-14)10-16-21(19,20)9-7-13-6-4-5-8-15-13/h11,13,15-16H,3-10H2,1-2H3. The molecule has 0 bridgehead atoms. The van der Waals surface area contributed by atoms with Crippen molar-refractivity contribution in [2.75, 3.05) is 12.3 Å². The fourth-order valence-corrected chi connectivity index (χ4v) is 3.87. The van der Waals surface area contributed by atoms with E-state index in [1.165, 1.54) is 12.8 Å². The number of piperidine rings is 1. The van der Waals surface area contributed by atoms with E-state index in [1.807, 2.05) is 20.2 Å². The van der Waals surface area contributed by atoms with Crippen molar-refractivity contribution in [3.05, 3.63) is 17.5 Å². The van der Waals surface area contributed by atoms with Gasteiger partial charge in [-0.3, -0.25) is 4.68 Å². The van der Waals surface area contributed by atoms with Crippen LogP contribution < -0.4 is 10.0 Å². The molecule has 0 radical (unpaired) electrons. The van der Waals surface area contributed by atoms with Gasteiger partial charge in [0.25, 0.3) is 0 Å². The molecule has 2 rings (SSSR count). The third-order valence-corrected chi connectivity index (χ3v) is 5.31. The largest absolute Gasteiger partial charge is 0.314 e. The molecule has 1 saturated heterocycles. The average Bonchev–Trinajstić information content (AvgIpc) is 2.85. The number of sulfonamides is 1. The fraction of sp³-hybridized carbons (Fsp3) is 0.786. The smallest absolute Gasteiger partial charge is 0.211 e. The summed E-state index contributed by atoms with van der Waals surface area (Å²) < 4.78 is 28.6. The Morgan fingerprint density at radius 1 is 1.48 bits per heavy atom. The molecule has 2 N–H and O–H groups in total. The minimum atomic E-state index is -3.22. The van der Waals surface area contributed by atoms with Crippen molar-refractivity contribution in [3.8, 4) is 0 Å². The van der Waals surface area contributed by atoms with Gasteiger partial charge in [-0.25, -0.2) is 13.1 Å². The Balaban J connectivity index is 1.82. The lowest BCUT2D eigenvalue weighted by Gasteiger charge is -2.23. The molecule has 0 aliphatic carbocycles. The van der Waals surface area contributed by atoms with Gasteiger partial charge in [0, 0.05) is 31.4 Å². The third kappa shape index (κ3) is 5.09. The van der Waals surface area contributed by atoms with Gasteiger partial charge in [0.1, 0.15) is 0 Å². The van der Waals surface area contributed by atoms with Gasteiger partial charge in [-0.05, 0) is 32.2 Å². The molecule has 1 unspecified atom stereocenters. The van der Waals surface area contributed by atoms with E-state index >= 15 is 0 Å². The molecule has 120 valence electrons. The Bertz CT molecular complexity index is 547. The quantitative estimate of drug-likeness (QED) is 0.785. The van der Waals surface area contributed by atoms with Crippen LogP contribution in [0, 0.1) is 0 Å². The first kappa shape index (κ1) is 16.5. The monoisotopic (exact) mass is 314 g/mol. The molecule has 0 saturated carbocycles. The molecule has 1 aliphatic heterocycles. The first-order chi connectivity index (χ1) is 10.00. The normalized spacial score (nSPS) is 19.8.